The lowest BCUT2D eigenvalue weighted by Gasteiger charge is -2.18. The number of Topliss-reactive ketones (excluding diaryl/α,β-unsaturated/α-hetero) is 1. The summed E-state index contributed by atoms with van der Waals surface area (Å²) in [6.07, 6.45) is 0. The Labute approximate surface area is 173 Å². The Balaban J connectivity index is 1.89. The number of aryl methyl sites for hydroxylation is 1. The van der Waals surface area contributed by atoms with Crippen molar-refractivity contribution in [1.82, 2.24) is 9.55 Å². The van der Waals surface area contributed by atoms with E-state index in [1.54, 1.807) is 4.57 Å². The van der Waals surface area contributed by atoms with Gasteiger partial charge >= 0.3 is 0 Å². The monoisotopic (exact) mass is 416 g/mol. The zero-order valence-electron chi connectivity index (χ0n) is 16.5. The summed E-state index contributed by atoms with van der Waals surface area (Å²) >= 11 is 2.86. The summed E-state index contributed by atoms with van der Waals surface area (Å²) < 4.78 is 1.74. The first kappa shape index (κ1) is 20.8. The minimum absolute atomic E-state index is 0.0286. The third kappa shape index (κ3) is 4.71. The molecule has 0 aliphatic heterocycles. The van der Waals surface area contributed by atoms with Crippen molar-refractivity contribution in [2.24, 2.45) is 0 Å². The van der Waals surface area contributed by atoms with Crippen LogP contribution in [-0.4, -0.2) is 40.7 Å². The Morgan fingerprint density at radius 2 is 1.93 bits per heavy atom. The highest BCUT2D eigenvalue weighted by atomic mass is 32.2. The largest absolute Gasteiger partial charge is 0.334 e. The molecular formula is C21H26N3O2S2+. The van der Waals surface area contributed by atoms with Gasteiger partial charge in [-0.15, -0.1) is 11.3 Å². The summed E-state index contributed by atoms with van der Waals surface area (Å²) in [6, 6.07) is 11.2. The molecule has 5 nitrogen and oxygen atoms in total. The van der Waals surface area contributed by atoms with Gasteiger partial charge in [-0.2, -0.15) is 0 Å². The minimum Gasteiger partial charge on any atom is -0.334 e. The van der Waals surface area contributed by atoms with Crippen LogP contribution in [0.1, 0.15) is 28.4 Å². The molecule has 7 heteroatoms. The number of hydrogen-bond acceptors (Lipinski definition) is 5. The molecule has 0 fully saturated rings. The van der Waals surface area contributed by atoms with E-state index in [1.165, 1.54) is 28.0 Å². The van der Waals surface area contributed by atoms with E-state index in [0.717, 1.165) is 29.4 Å². The molecule has 1 aromatic carbocycles. The number of rotatable bonds is 9. The standard InChI is InChI=1S/C21H25N3O2S2/c1-4-23(5-2)12-13-24-20(26)16-8-6-7-9-17(16)22-21(24)27-14-18(25)19-11-10-15(3)28-19/h6-11H,4-5,12-14H2,1-3H3/p+1. The van der Waals surface area contributed by atoms with Gasteiger partial charge in [0.25, 0.3) is 5.56 Å². The zero-order valence-corrected chi connectivity index (χ0v) is 18.2. The van der Waals surface area contributed by atoms with E-state index < -0.39 is 0 Å². The van der Waals surface area contributed by atoms with E-state index in [9.17, 15) is 9.59 Å². The van der Waals surface area contributed by atoms with Gasteiger partial charge in [-0.05, 0) is 45.0 Å². The van der Waals surface area contributed by atoms with E-state index in [4.69, 9.17) is 4.98 Å². The average Bonchev–Trinajstić information content (AvgIpc) is 3.15. The molecule has 2 heterocycles. The first-order chi connectivity index (χ1) is 13.5. The van der Waals surface area contributed by atoms with E-state index in [2.05, 4.69) is 13.8 Å². The molecule has 0 saturated heterocycles. The van der Waals surface area contributed by atoms with E-state index in [1.807, 2.05) is 43.3 Å². The van der Waals surface area contributed by atoms with Crippen LogP contribution in [0.4, 0.5) is 0 Å². The van der Waals surface area contributed by atoms with Gasteiger partial charge in [0.2, 0.25) is 0 Å². The Bertz CT molecular complexity index is 1020. The van der Waals surface area contributed by atoms with E-state index in [-0.39, 0.29) is 17.1 Å². The lowest BCUT2D eigenvalue weighted by Crippen LogP contribution is -3.11. The van der Waals surface area contributed by atoms with E-state index in [0.29, 0.717) is 22.6 Å². The highest BCUT2D eigenvalue weighted by Crippen LogP contribution is 2.22. The number of ketones is 1. The highest BCUT2D eigenvalue weighted by molar-refractivity contribution is 7.99. The number of carbonyl (C=O) groups excluding carboxylic acids is 1. The van der Waals surface area contributed by atoms with Gasteiger partial charge in [0.1, 0.15) is 0 Å². The van der Waals surface area contributed by atoms with Crippen molar-refractivity contribution in [2.75, 3.05) is 25.4 Å². The second kappa shape index (κ2) is 9.49. The number of benzene rings is 1. The first-order valence-electron chi connectivity index (χ1n) is 9.59. The molecule has 0 saturated carbocycles. The van der Waals surface area contributed by atoms with Crippen molar-refractivity contribution in [3.05, 3.63) is 56.5 Å². The molecule has 0 aliphatic carbocycles. The smallest absolute Gasteiger partial charge is 0.262 e. The van der Waals surface area contributed by atoms with Crippen LogP contribution in [0.2, 0.25) is 0 Å². The molecule has 0 radical (unpaired) electrons. The van der Waals surface area contributed by atoms with Crippen LogP contribution in [0.3, 0.4) is 0 Å². The molecule has 28 heavy (non-hydrogen) atoms. The molecule has 0 bridgehead atoms. The van der Waals surface area contributed by atoms with Gasteiger partial charge < -0.3 is 4.90 Å². The Kier molecular flexibility index (Phi) is 7.04. The normalized spacial score (nSPS) is 11.4. The fourth-order valence-corrected chi connectivity index (χ4v) is 4.92. The SMILES string of the molecule is CC[NH+](CC)CCn1c(SCC(=O)c2ccc(C)s2)nc2ccccc2c1=O. The maximum atomic E-state index is 13.1. The number of aromatic nitrogens is 2. The maximum Gasteiger partial charge on any atom is 0.262 e. The highest BCUT2D eigenvalue weighted by Gasteiger charge is 2.16. The molecule has 1 N–H and O–H groups in total. The molecule has 0 atom stereocenters. The quantitative estimate of drug-likeness (QED) is 0.331. The number of hydrogen-bond donors (Lipinski definition) is 1. The summed E-state index contributed by atoms with van der Waals surface area (Å²) in [5.74, 6) is 0.356. The Hall–Kier alpha value is -1.96. The number of nitrogens with one attached hydrogen (secondary N) is 1. The van der Waals surface area contributed by atoms with Gasteiger partial charge in [-0.25, -0.2) is 4.98 Å². The zero-order chi connectivity index (χ0) is 20.1. The molecule has 3 rings (SSSR count). The average molecular weight is 417 g/mol. The number of carbonyl (C=O) groups is 1. The van der Waals surface area contributed by atoms with Crippen molar-refractivity contribution in [1.29, 1.82) is 0 Å². The second-order valence-corrected chi connectivity index (χ2v) is 8.93. The van der Waals surface area contributed by atoms with Crippen LogP contribution < -0.4 is 10.5 Å². The van der Waals surface area contributed by atoms with Gasteiger partial charge in [0.05, 0.1) is 47.7 Å². The molecule has 0 aliphatic rings. The van der Waals surface area contributed by atoms with E-state index >= 15 is 0 Å². The predicted octanol–water partition coefficient (Wildman–Crippen LogP) is 2.67. The number of nitrogens with zero attached hydrogens (tertiary/aromatic N) is 2. The van der Waals surface area contributed by atoms with Crippen molar-refractivity contribution >= 4 is 39.8 Å². The third-order valence-electron chi connectivity index (χ3n) is 4.86. The Morgan fingerprint density at radius 3 is 2.61 bits per heavy atom. The molecule has 0 amide bonds. The summed E-state index contributed by atoms with van der Waals surface area (Å²) in [5, 5.41) is 1.25. The van der Waals surface area contributed by atoms with Crippen molar-refractivity contribution in [3.8, 4) is 0 Å². The van der Waals surface area contributed by atoms with Crippen LogP contribution >= 0.6 is 23.1 Å². The lowest BCUT2D eigenvalue weighted by atomic mass is 10.2. The number of quaternary nitrogens is 1. The number of fused-ring (bicyclic) bond motifs is 1. The number of thioether (sulfide) groups is 1. The lowest BCUT2D eigenvalue weighted by molar-refractivity contribution is -0.897. The molecule has 0 spiro atoms. The molecule has 3 aromatic rings. The topological polar surface area (TPSA) is 56.4 Å². The fourth-order valence-electron chi connectivity index (χ4n) is 3.11. The third-order valence-corrected chi connectivity index (χ3v) is 6.88. The maximum absolute atomic E-state index is 13.1. The van der Waals surface area contributed by atoms with Crippen molar-refractivity contribution in [2.45, 2.75) is 32.5 Å². The first-order valence-corrected chi connectivity index (χ1v) is 11.4. The number of thiophene rings is 1. The number of para-hydroxylation sites is 1. The van der Waals surface area contributed by atoms with Crippen molar-refractivity contribution < 1.29 is 9.69 Å². The predicted molar refractivity (Wildman–Crippen MR) is 117 cm³/mol. The van der Waals surface area contributed by atoms with Crippen LogP contribution in [0.15, 0.2) is 46.3 Å². The summed E-state index contributed by atoms with van der Waals surface area (Å²) in [4.78, 5) is 33.6. The van der Waals surface area contributed by atoms with Crippen LogP contribution in [-0.2, 0) is 6.54 Å². The molecular weight excluding hydrogens is 390 g/mol. The number of likely N-dealkylation sites (N-methyl/N-ethyl adjacent to an activating group) is 1. The minimum atomic E-state index is -0.0286. The van der Waals surface area contributed by atoms with Crippen molar-refractivity contribution in [3.63, 3.8) is 0 Å². The Morgan fingerprint density at radius 1 is 1.18 bits per heavy atom. The van der Waals surface area contributed by atoms with Crippen LogP contribution in [0.25, 0.3) is 10.9 Å². The van der Waals surface area contributed by atoms with Gasteiger partial charge in [0, 0.05) is 4.88 Å². The summed E-state index contributed by atoms with van der Waals surface area (Å²) in [7, 11) is 0. The summed E-state index contributed by atoms with van der Waals surface area (Å²) in [5.41, 5.74) is 0.653. The molecule has 2 aromatic heterocycles. The van der Waals surface area contributed by atoms with Crippen LogP contribution in [0.5, 0.6) is 0 Å². The fraction of sp³-hybridized carbons (Fsp3) is 0.381. The van der Waals surface area contributed by atoms with Crippen LogP contribution in [0, 0.1) is 6.92 Å². The molecule has 148 valence electrons. The summed E-state index contributed by atoms with van der Waals surface area (Å²) in [6.45, 7) is 9.79. The van der Waals surface area contributed by atoms with Gasteiger partial charge in [-0.3, -0.25) is 14.2 Å². The molecule has 0 unspecified atom stereocenters. The second-order valence-electron chi connectivity index (χ2n) is 6.70. The van der Waals surface area contributed by atoms with Gasteiger partial charge in [0.15, 0.2) is 10.9 Å². The van der Waals surface area contributed by atoms with Gasteiger partial charge in [-0.1, -0.05) is 23.9 Å².